The van der Waals surface area contributed by atoms with Gasteiger partial charge in [-0.05, 0) is 12.1 Å². The van der Waals surface area contributed by atoms with Crippen LogP contribution in [-0.2, 0) is 0 Å². The third-order valence-corrected chi connectivity index (χ3v) is 2.26. The van der Waals surface area contributed by atoms with Crippen LogP contribution >= 0.6 is 0 Å². The second kappa shape index (κ2) is 5.09. The molecule has 0 aromatic carbocycles. The predicted octanol–water partition coefficient (Wildman–Crippen LogP) is 2.10. The van der Waals surface area contributed by atoms with Crippen LogP contribution in [0, 0.1) is 0 Å². The van der Waals surface area contributed by atoms with E-state index in [-0.39, 0.29) is 11.4 Å². The van der Waals surface area contributed by atoms with Crippen LogP contribution in [0.1, 0.15) is 22.2 Å². The third kappa shape index (κ3) is 3.09. The zero-order valence-corrected chi connectivity index (χ0v) is 9.39. The van der Waals surface area contributed by atoms with Gasteiger partial charge in [0.05, 0.1) is 5.69 Å². The number of hydrogen-bond acceptors (Lipinski definition) is 4. The fourth-order valence-corrected chi connectivity index (χ4v) is 1.40. The van der Waals surface area contributed by atoms with Gasteiger partial charge in [0.25, 0.3) is 5.91 Å². The quantitative estimate of drug-likeness (QED) is 0.928. The minimum absolute atomic E-state index is 0.231. The van der Waals surface area contributed by atoms with Gasteiger partial charge >= 0.3 is 6.18 Å². The summed E-state index contributed by atoms with van der Waals surface area (Å²) in [6.45, 7) is 0. The van der Waals surface area contributed by atoms with E-state index in [0.29, 0.717) is 0 Å². The number of aromatic nitrogens is 2. The van der Waals surface area contributed by atoms with Gasteiger partial charge in [-0.1, -0.05) is 11.2 Å². The van der Waals surface area contributed by atoms with Gasteiger partial charge in [-0.15, -0.1) is 0 Å². The number of carbonyl (C=O) groups excluding carboxylic acids is 1. The zero-order valence-electron chi connectivity index (χ0n) is 9.39. The predicted molar refractivity (Wildman–Crippen MR) is 57.0 cm³/mol. The molecule has 0 radical (unpaired) electrons. The van der Waals surface area contributed by atoms with E-state index in [1.54, 1.807) is 0 Å². The van der Waals surface area contributed by atoms with Crippen molar-refractivity contribution in [2.75, 3.05) is 0 Å². The van der Waals surface area contributed by atoms with Gasteiger partial charge in [0.2, 0.25) is 0 Å². The Kier molecular flexibility index (Phi) is 3.50. The Balaban J connectivity index is 2.23. The van der Waals surface area contributed by atoms with Crippen LogP contribution < -0.4 is 5.32 Å². The third-order valence-electron chi connectivity index (χ3n) is 2.26. The Hall–Kier alpha value is -2.38. The highest BCUT2D eigenvalue weighted by Crippen LogP contribution is 2.31. The molecule has 0 saturated heterocycles. The number of halogens is 3. The minimum atomic E-state index is -4.66. The first-order valence-corrected chi connectivity index (χ1v) is 5.17. The van der Waals surface area contributed by atoms with E-state index in [1.165, 1.54) is 30.5 Å². The molecule has 2 rings (SSSR count). The van der Waals surface area contributed by atoms with Crippen LogP contribution in [-0.4, -0.2) is 22.2 Å². The SMILES string of the molecule is O=C(N[C@@H](c1ccccn1)C(F)(F)F)c1ccon1. The molecule has 0 spiro atoms. The highest BCUT2D eigenvalue weighted by Gasteiger charge is 2.43. The summed E-state index contributed by atoms with van der Waals surface area (Å²) >= 11 is 0. The highest BCUT2D eigenvalue weighted by atomic mass is 19.4. The molecule has 0 saturated carbocycles. The number of hydrogen-bond donors (Lipinski definition) is 1. The van der Waals surface area contributed by atoms with Gasteiger partial charge in [0.1, 0.15) is 6.26 Å². The van der Waals surface area contributed by atoms with Crippen molar-refractivity contribution in [2.45, 2.75) is 12.2 Å². The Morgan fingerprint density at radius 2 is 2.11 bits per heavy atom. The molecule has 100 valence electrons. The summed E-state index contributed by atoms with van der Waals surface area (Å²) in [6.07, 6.45) is -2.34. The Morgan fingerprint density at radius 3 is 2.63 bits per heavy atom. The second-order valence-corrected chi connectivity index (χ2v) is 3.59. The van der Waals surface area contributed by atoms with Crippen molar-refractivity contribution in [2.24, 2.45) is 0 Å². The van der Waals surface area contributed by atoms with Gasteiger partial charge < -0.3 is 9.84 Å². The van der Waals surface area contributed by atoms with E-state index < -0.39 is 18.1 Å². The molecular formula is C11H8F3N3O2. The molecule has 1 N–H and O–H groups in total. The van der Waals surface area contributed by atoms with Gasteiger partial charge in [-0.25, -0.2) is 0 Å². The summed E-state index contributed by atoms with van der Waals surface area (Å²) in [7, 11) is 0. The van der Waals surface area contributed by atoms with Gasteiger partial charge in [0, 0.05) is 12.3 Å². The second-order valence-electron chi connectivity index (χ2n) is 3.59. The lowest BCUT2D eigenvalue weighted by Crippen LogP contribution is -2.38. The number of nitrogens with zero attached hydrogens (tertiary/aromatic N) is 2. The summed E-state index contributed by atoms with van der Waals surface area (Å²) in [5, 5.41) is 5.10. The number of amides is 1. The number of alkyl halides is 3. The van der Waals surface area contributed by atoms with Crippen molar-refractivity contribution in [3.63, 3.8) is 0 Å². The maximum Gasteiger partial charge on any atom is 0.414 e. The number of rotatable bonds is 3. The molecule has 5 nitrogen and oxygen atoms in total. The first kappa shape index (κ1) is 13.1. The molecule has 0 aliphatic carbocycles. The monoisotopic (exact) mass is 271 g/mol. The average Bonchev–Trinajstić information content (AvgIpc) is 2.89. The van der Waals surface area contributed by atoms with Crippen LogP contribution in [0.4, 0.5) is 13.2 Å². The Morgan fingerprint density at radius 1 is 1.32 bits per heavy atom. The molecule has 0 fully saturated rings. The van der Waals surface area contributed by atoms with Crippen LogP contribution in [0.5, 0.6) is 0 Å². The van der Waals surface area contributed by atoms with E-state index in [1.807, 2.05) is 5.32 Å². The van der Waals surface area contributed by atoms with Crippen LogP contribution in [0.3, 0.4) is 0 Å². The molecule has 1 atom stereocenters. The van der Waals surface area contributed by atoms with E-state index >= 15 is 0 Å². The number of nitrogens with one attached hydrogen (secondary N) is 1. The molecule has 2 heterocycles. The van der Waals surface area contributed by atoms with Crippen LogP contribution in [0.2, 0.25) is 0 Å². The van der Waals surface area contributed by atoms with Crippen molar-refractivity contribution in [1.82, 2.24) is 15.5 Å². The summed E-state index contributed by atoms with van der Waals surface area (Å²) in [4.78, 5) is 15.2. The number of pyridine rings is 1. The van der Waals surface area contributed by atoms with Gasteiger partial charge in [0.15, 0.2) is 11.7 Å². The van der Waals surface area contributed by atoms with Crippen LogP contribution in [0.15, 0.2) is 41.2 Å². The zero-order chi connectivity index (χ0) is 13.9. The van der Waals surface area contributed by atoms with Crippen molar-refractivity contribution in [3.8, 4) is 0 Å². The first-order valence-electron chi connectivity index (χ1n) is 5.17. The van der Waals surface area contributed by atoms with E-state index in [4.69, 9.17) is 0 Å². The normalized spacial score (nSPS) is 13.0. The Bertz CT molecular complexity index is 540. The fraction of sp³-hybridized carbons (Fsp3) is 0.182. The summed E-state index contributed by atoms with van der Waals surface area (Å²) < 4.78 is 43.1. The minimum Gasteiger partial charge on any atom is -0.364 e. The molecule has 2 aromatic heterocycles. The lowest BCUT2D eigenvalue weighted by Gasteiger charge is -2.20. The van der Waals surface area contributed by atoms with Crippen LogP contribution in [0.25, 0.3) is 0 Å². The lowest BCUT2D eigenvalue weighted by atomic mass is 10.1. The van der Waals surface area contributed by atoms with E-state index in [9.17, 15) is 18.0 Å². The molecule has 19 heavy (non-hydrogen) atoms. The Labute approximate surface area is 105 Å². The van der Waals surface area contributed by atoms with E-state index in [2.05, 4.69) is 14.7 Å². The molecule has 0 unspecified atom stereocenters. The molecule has 0 aliphatic rings. The van der Waals surface area contributed by atoms with Crippen molar-refractivity contribution >= 4 is 5.91 Å². The summed E-state index contributed by atoms with van der Waals surface area (Å²) in [6, 6.07) is 3.04. The van der Waals surface area contributed by atoms with E-state index in [0.717, 1.165) is 6.26 Å². The van der Waals surface area contributed by atoms with Gasteiger partial charge in [-0.2, -0.15) is 13.2 Å². The van der Waals surface area contributed by atoms with Crippen molar-refractivity contribution in [3.05, 3.63) is 48.1 Å². The number of carbonyl (C=O) groups is 1. The topological polar surface area (TPSA) is 68.0 Å². The standard InChI is InChI=1S/C11H8F3N3O2/c12-11(13,14)9(7-3-1-2-5-15-7)16-10(18)8-4-6-19-17-8/h1-6,9H,(H,16,18)/t9-/m0/s1. The molecule has 1 amide bonds. The summed E-state index contributed by atoms with van der Waals surface area (Å²) in [5.74, 6) is -0.985. The molecule has 0 aliphatic heterocycles. The maximum atomic E-state index is 12.9. The van der Waals surface area contributed by atoms with Crippen molar-refractivity contribution < 1.29 is 22.5 Å². The first-order chi connectivity index (χ1) is 8.98. The molecule has 0 bridgehead atoms. The lowest BCUT2D eigenvalue weighted by molar-refractivity contribution is -0.156. The molecular weight excluding hydrogens is 263 g/mol. The largest absolute Gasteiger partial charge is 0.414 e. The van der Waals surface area contributed by atoms with Crippen molar-refractivity contribution in [1.29, 1.82) is 0 Å². The molecule has 2 aromatic rings. The smallest absolute Gasteiger partial charge is 0.364 e. The highest BCUT2D eigenvalue weighted by molar-refractivity contribution is 5.92. The van der Waals surface area contributed by atoms with Gasteiger partial charge in [-0.3, -0.25) is 9.78 Å². The molecule has 8 heteroatoms. The summed E-state index contributed by atoms with van der Waals surface area (Å²) in [5.41, 5.74) is -0.531. The maximum absolute atomic E-state index is 12.9. The average molecular weight is 271 g/mol. The fourth-order valence-electron chi connectivity index (χ4n) is 1.40.